The molecule has 146 valence electrons. The van der Waals surface area contributed by atoms with Crippen LogP contribution in [0.5, 0.6) is 0 Å². The van der Waals surface area contributed by atoms with Gasteiger partial charge in [0.15, 0.2) is 9.84 Å². The predicted octanol–water partition coefficient (Wildman–Crippen LogP) is 0.362. The van der Waals surface area contributed by atoms with Crippen LogP contribution in [0.3, 0.4) is 0 Å². The molecule has 0 aliphatic carbocycles. The molecule has 3 heterocycles. The molecule has 2 unspecified atom stereocenters. The molecular weight excluding hydrogens is 366 g/mol. The van der Waals surface area contributed by atoms with Crippen LogP contribution in [0.1, 0.15) is 29.3 Å². The van der Waals surface area contributed by atoms with Crippen molar-refractivity contribution in [2.45, 2.75) is 32.0 Å². The Labute approximate surface area is 159 Å². The summed E-state index contributed by atoms with van der Waals surface area (Å²) in [7, 11) is -2.90. The Bertz CT molecular complexity index is 861. The molecule has 1 aromatic carbocycles. The molecule has 8 heteroatoms. The molecule has 0 N–H and O–H groups in total. The van der Waals surface area contributed by atoms with Gasteiger partial charge in [0.25, 0.3) is 5.91 Å². The fourth-order valence-electron chi connectivity index (χ4n) is 4.36. The van der Waals surface area contributed by atoms with Gasteiger partial charge in [-0.3, -0.25) is 14.5 Å². The van der Waals surface area contributed by atoms with Crippen molar-refractivity contribution in [3.8, 4) is 0 Å². The van der Waals surface area contributed by atoms with Gasteiger partial charge in [-0.25, -0.2) is 8.42 Å². The van der Waals surface area contributed by atoms with Crippen LogP contribution in [0.4, 0.5) is 0 Å². The van der Waals surface area contributed by atoms with Gasteiger partial charge in [0.05, 0.1) is 11.5 Å². The van der Waals surface area contributed by atoms with Crippen LogP contribution in [0.15, 0.2) is 24.3 Å². The van der Waals surface area contributed by atoms with Gasteiger partial charge in [0.2, 0.25) is 5.91 Å². The van der Waals surface area contributed by atoms with Gasteiger partial charge in [-0.15, -0.1) is 0 Å². The minimum atomic E-state index is -2.90. The summed E-state index contributed by atoms with van der Waals surface area (Å²) >= 11 is 0. The number of sulfone groups is 1. The first-order valence-corrected chi connectivity index (χ1v) is 11.3. The molecule has 2 fully saturated rings. The number of fused-ring (bicyclic) bond motifs is 1. The van der Waals surface area contributed by atoms with Crippen LogP contribution >= 0.6 is 0 Å². The standard InChI is InChI=1S/C19H25N3O4S/c1-14(22-12-15-4-2-3-5-17(15)19(22)24)18(23)21-9-7-20(8-10-21)16-6-11-27(25,26)13-16/h2-5,14,16H,6-13H2,1H3. The van der Waals surface area contributed by atoms with Gasteiger partial charge >= 0.3 is 0 Å². The number of hydrogen-bond donors (Lipinski definition) is 0. The number of nitrogens with zero attached hydrogens (tertiary/aromatic N) is 3. The third kappa shape index (κ3) is 3.48. The minimum Gasteiger partial charge on any atom is -0.338 e. The Morgan fingerprint density at radius 1 is 1.15 bits per heavy atom. The van der Waals surface area contributed by atoms with Gasteiger partial charge in [-0.05, 0) is 25.0 Å². The molecule has 0 spiro atoms. The highest BCUT2D eigenvalue weighted by atomic mass is 32.2. The van der Waals surface area contributed by atoms with Gasteiger partial charge in [-0.2, -0.15) is 0 Å². The molecule has 3 aliphatic heterocycles. The van der Waals surface area contributed by atoms with Gasteiger partial charge in [0, 0.05) is 44.3 Å². The van der Waals surface area contributed by atoms with Crippen LogP contribution in [0, 0.1) is 0 Å². The molecule has 2 amide bonds. The molecular formula is C19H25N3O4S. The number of hydrogen-bond acceptors (Lipinski definition) is 5. The Morgan fingerprint density at radius 3 is 2.48 bits per heavy atom. The molecule has 0 saturated carbocycles. The van der Waals surface area contributed by atoms with Crippen molar-refractivity contribution in [1.29, 1.82) is 0 Å². The van der Waals surface area contributed by atoms with E-state index < -0.39 is 15.9 Å². The molecule has 27 heavy (non-hydrogen) atoms. The first-order chi connectivity index (χ1) is 12.9. The smallest absolute Gasteiger partial charge is 0.255 e. The Hall–Kier alpha value is -1.93. The zero-order chi connectivity index (χ0) is 19.2. The summed E-state index contributed by atoms with van der Waals surface area (Å²) in [6.45, 7) is 4.80. The quantitative estimate of drug-likeness (QED) is 0.744. The summed E-state index contributed by atoms with van der Waals surface area (Å²) in [5.74, 6) is 0.389. The number of amides is 2. The van der Waals surface area contributed by atoms with Crippen LogP contribution in [-0.4, -0.2) is 84.7 Å². The van der Waals surface area contributed by atoms with Crippen LogP contribution < -0.4 is 0 Å². The summed E-state index contributed by atoms with van der Waals surface area (Å²) in [4.78, 5) is 31.2. The summed E-state index contributed by atoms with van der Waals surface area (Å²) in [5.41, 5.74) is 1.65. The van der Waals surface area contributed by atoms with Gasteiger partial charge in [-0.1, -0.05) is 18.2 Å². The highest BCUT2D eigenvalue weighted by Gasteiger charge is 2.38. The minimum absolute atomic E-state index is 0.0325. The van der Waals surface area contributed by atoms with Crippen molar-refractivity contribution < 1.29 is 18.0 Å². The van der Waals surface area contributed by atoms with E-state index in [1.807, 2.05) is 24.3 Å². The van der Waals surface area contributed by atoms with E-state index in [0.29, 0.717) is 44.7 Å². The molecule has 4 rings (SSSR count). The van der Waals surface area contributed by atoms with Crippen molar-refractivity contribution in [3.63, 3.8) is 0 Å². The van der Waals surface area contributed by atoms with E-state index >= 15 is 0 Å². The predicted molar refractivity (Wildman–Crippen MR) is 101 cm³/mol. The normalized spacial score (nSPS) is 26.3. The molecule has 7 nitrogen and oxygen atoms in total. The largest absolute Gasteiger partial charge is 0.338 e. The van der Waals surface area contributed by atoms with Crippen molar-refractivity contribution in [3.05, 3.63) is 35.4 Å². The summed E-state index contributed by atoms with van der Waals surface area (Å²) in [6, 6.07) is 7.07. The third-order valence-electron chi connectivity index (χ3n) is 6.02. The van der Waals surface area contributed by atoms with E-state index in [4.69, 9.17) is 0 Å². The first kappa shape index (κ1) is 18.4. The van der Waals surface area contributed by atoms with Crippen molar-refractivity contribution in [2.24, 2.45) is 0 Å². The lowest BCUT2D eigenvalue weighted by molar-refractivity contribution is -0.137. The molecule has 2 saturated heterocycles. The number of carbonyl (C=O) groups excluding carboxylic acids is 2. The summed E-state index contributed by atoms with van der Waals surface area (Å²) in [5, 5.41) is 0. The van der Waals surface area contributed by atoms with Crippen LogP contribution in [0.2, 0.25) is 0 Å². The average molecular weight is 391 g/mol. The van der Waals surface area contributed by atoms with Gasteiger partial charge < -0.3 is 9.80 Å². The number of carbonyl (C=O) groups is 2. The molecule has 0 radical (unpaired) electrons. The van der Waals surface area contributed by atoms with Crippen molar-refractivity contribution in [2.75, 3.05) is 37.7 Å². The van der Waals surface area contributed by atoms with Crippen LogP contribution in [-0.2, 0) is 21.2 Å². The third-order valence-corrected chi connectivity index (χ3v) is 7.78. The Balaban J connectivity index is 1.35. The lowest BCUT2D eigenvalue weighted by atomic mass is 10.1. The molecule has 0 bridgehead atoms. The molecule has 0 aromatic heterocycles. The Morgan fingerprint density at radius 2 is 1.85 bits per heavy atom. The summed E-state index contributed by atoms with van der Waals surface area (Å²) in [6.07, 6.45) is 0.688. The van der Waals surface area contributed by atoms with Gasteiger partial charge in [0.1, 0.15) is 6.04 Å². The number of benzene rings is 1. The highest BCUT2D eigenvalue weighted by molar-refractivity contribution is 7.91. The number of piperazine rings is 1. The fourth-order valence-corrected chi connectivity index (χ4v) is 6.12. The van der Waals surface area contributed by atoms with Crippen molar-refractivity contribution >= 4 is 21.7 Å². The molecule has 3 aliphatic rings. The van der Waals surface area contributed by atoms with E-state index in [2.05, 4.69) is 4.90 Å². The maximum Gasteiger partial charge on any atom is 0.255 e. The lowest BCUT2D eigenvalue weighted by Gasteiger charge is -2.39. The van der Waals surface area contributed by atoms with Crippen molar-refractivity contribution in [1.82, 2.24) is 14.7 Å². The van der Waals surface area contributed by atoms with E-state index in [1.54, 1.807) is 16.7 Å². The lowest BCUT2D eigenvalue weighted by Crippen LogP contribution is -2.56. The highest BCUT2D eigenvalue weighted by Crippen LogP contribution is 2.25. The van der Waals surface area contributed by atoms with E-state index in [9.17, 15) is 18.0 Å². The van der Waals surface area contributed by atoms with E-state index in [1.165, 1.54) is 0 Å². The second-order valence-electron chi connectivity index (χ2n) is 7.68. The topological polar surface area (TPSA) is 78.0 Å². The molecule has 1 aromatic rings. The second kappa shape index (κ2) is 6.91. The number of rotatable bonds is 3. The maximum atomic E-state index is 12.9. The molecule has 2 atom stereocenters. The summed E-state index contributed by atoms with van der Waals surface area (Å²) < 4.78 is 23.4. The Kier molecular flexibility index (Phi) is 4.71. The zero-order valence-electron chi connectivity index (χ0n) is 15.5. The SMILES string of the molecule is CC(C(=O)N1CCN(C2CCS(=O)(=O)C2)CC1)N1Cc2ccccc2C1=O. The second-order valence-corrected chi connectivity index (χ2v) is 9.91. The van der Waals surface area contributed by atoms with E-state index in [-0.39, 0.29) is 29.4 Å². The average Bonchev–Trinajstić information content (AvgIpc) is 3.20. The van der Waals surface area contributed by atoms with E-state index in [0.717, 1.165) is 5.56 Å². The first-order valence-electron chi connectivity index (χ1n) is 9.48. The maximum absolute atomic E-state index is 12.9. The fraction of sp³-hybridized carbons (Fsp3) is 0.579. The zero-order valence-corrected chi connectivity index (χ0v) is 16.3. The monoisotopic (exact) mass is 391 g/mol. The van der Waals surface area contributed by atoms with Crippen LogP contribution in [0.25, 0.3) is 0 Å².